The Morgan fingerprint density at radius 1 is 1.27 bits per heavy atom. The molecule has 0 radical (unpaired) electrons. The lowest BCUT2D eigenvalue weighted by Crippen LogP contribution is -2.32. The summed E-state index contributed by atoms with van der Waals surface area (Å²) >= 11 is 0. The van der Waals surface area contributed by atoms with Crippen LogP contribution in [-0.2, 0) is 14.8 Å². The smallest absolute Gasteiger partial charge is 0.251 e. The average molecular weight is 328 g/mol. The molecule has 1 aromatic rings. The van der Waals surface area contributed by atoms with Crippen LogP contribution < -0.4 is 10.0 Å². The van der Waals surface area contributed by atoms with Crippen molar-refractivity contribution in [1.29, 1.82) is 0 Å². The first-order chi connectivity index (χ1) is 10.4. The maximum atomic E-state index is 12.1. The van der Waals surface area contributed by atoms with Crippen LogP contribution in [0.3, 0.4) is 0 Å². The highest BCUT2D eigenvalue weighted by molar-refractivity contribution is 7.89. The first-order valence-electron chi connectivity index (χ1n) is 7.30. The zero-order valence-electron chi connectivity index (χ0n) is 13.3. The molecule has 6 nitrogen and oxygen atoms in total. The van der Waals surface area contributed by atoms with Crippen molar-refractivity contribution < 1.29 is 17.9 Å². The number of sulfonamides is 1. The van der Waals surface area contributed by atoms with Crippen molar-refractivity contribution in [2.75, 3.05) is 20.3 Å². The summed E-state index contributed by atoms with van der Waals surface area (Å²) in [4.78, 5) is 12.0. The van der Waals surface area contributed by atoms with Gasteiger partial charge >= 0.3 is 0 Å². The summed E-state index contributed by atoms with van der Waals surface area (Å²) in [6, 6.07) is 5.77. The summed E-state index contributed by atoms with van der Waals surface area (Å²) in [6.45, 7) is 4.81. The maximum Gasteiger partial charge on any atom is 0.251 e. The Kier molecular flexibility index (Phi) is 7.50. The van der Waals surface area contributed by atoms with E-state index < -0.39 is 10.0 Å². The molecule has 0 spiro atoms. The van der Waals surface area contributed by atoms with E-state index in [0.29, 0.717) is 25.1 Å². The molecule has 0 fully saturated rings. The minimum absolute atomic E-state index is 0.131. The summed E-state index contributed by atoms with van der Waals surface area (Å²) in [5.41, 5.74) is 0.430. The maximum absolute atomic E-state index is 12.1. The molecular weight excluding hydrogens is 304 g/mol. The van der Waals surface area contributed by atoms with Crippen LogP contribution in [0.1, 0.15) is 37.0 Å². The van der Waals surface area contributed by atoms with Gasteiger partial charge in [0.2, 0.25) is 10.0 Å². The molecule has 1 unspecified atom stereocenters. The van der Waals surface area contributed by atoms with Gasteiger partial charge in [0.05, 0.1) is 4.90 Å². The molecular formula is C15H24N2O4S. The first-order valence-corrected chi connectivity index (χ1v) is 8.78. The molecule has 0 aliphatic carbocycles. The van der Waals surface area contributed by atoms with Gasteiger partial charge in [0, 0.05) is 31.9 Å². The van der Waals surface area contributed by atoms with Crippen LogP contribution in [0.5, 0.6) is 0 Å². The molecule has 0 bridgehead atoms. The van der Waals surface area contributed by atoms with E-state index in [0.717, 1.165) is 6.42 Å². The van der Waals surface area contributed by atoms with Crippen LogP contribution in [0.2, 0.25) is 0 Å². The van der Waals surface area contributed by atoms with Crippen LogP contribution in [-0.4, -0.2) is 40.6 Å². The number of carbonyl (C=O) groups is 1. The molecule has 2 N–H and O–H groups in total. The number of hydrogen-bond donors (Lipinski definition) is 2. The Bertz CT molecular complexity index is 570. The lowest BCUT2D eigenvalue weighted by Gasteiger charge is -2.12. The summed E-state index contributed by atoms with van der Waals surface area (Å²) in [5, 5.41) is 2.75. The molecule has 1 aromatic carbocycles. The van der Waals surface area contributed by atoms with E-state index in [-0.39, 0.29) is 16.8 Å². The SMILES string of the molecule is CCC(C)NS(=O)(=O)c1ccc(C(=O)NCCCOC)cc1. The fraction of sp³-hybridized carbons (Fsp3) is 0.533. The number of amides is 1. The minimum Gasteiger partial charge on any atom is -0.385 e. The van der Waals surface area contributed by atoms with Crippen molar-refractivity contribution >= 4 is 15.9 Å². The highest BCUT2D eigenvalue weighted by Gasteiger charge is 2.16. The van der Waals surface area contributed by atoms with E-state index in [1.165, 1.54) is 24.3 Å². The molecule has 1 rings (SSSR count). The summed E-state index contributed by atoms with van der Waals surface area (Å²) < 4.78 is 31.7. The Morgan fingerprint density at radius 2 is 1.91 bits per heavy atom. The van der Waals surface area contributed by atoms with Crippen LogP contribution in [0.15, 0.2) is 29.2 Å². The second-order valence-corrected chi connectivity index (χ2v) is 6.77. The van der Waals surface area contributed by atoms with Gasteiger partial charge in [-0.1, -0.05) is 6.92 Å². The van der Waals surface area contributed by atoms with Gasteiger partial charge in [0.15, 0.2) is 0 Å². The number of ether oxygens (including phenoxy) is 1. The van der Waals surface area contributed by atoms with Gasteiger partial charge < -0.3 is 10.1 Å². The number of rotatable bonds is 9. The normalized spacial score (nSPS) is 12.9. The first kappa shape index (κ1) is 18.6. The molecule has 1 atom stereocenters. The number of benzene rings is 1. The monoisotopic (exact) mass is 328 g/mol. The summed E-state index contributed by atoms with van der Waals surface area (Å²) in [6.07, 6.45) is 1.44. The van der Waals surface area contributed by atoms with Crippen LogP contribution in [0.25, 0.3) is 0 Å². The average Bonchev–Trinajstić information content (AvgIpc) is 2.51. The lowest BCUT2D eigenvalue weighted by molar-refractivity contribution is 0.0948. The molecule has 0 aliphatic heterocycles. The van der Waals surface area contributed by atoms with E-state index in [9.17, 15) is 13.2 Å². The molecule has 1 amide bonds. The molecule has 0 saturated heterocycles. The zero-order valence-corrected chi connectivity index (χ0v) is 14.1. The molecule has 0 aromatic heterocycles. The Balaban J connectivity index is 2.68. The van der Waals surface area contributed by atoms with Gasteiger partial charge in [-0.25, -0.2) is 13.1 Å². The van der Waals surface area contributed by atoms with Crippen molar-refractivity contribution in [1.82, 2.24) is 10.0 Å². The molecule has 124 valence electrons. The van der Waals surface area contributed by atoms with E-state index in [1.54, 1.807) is 14.0 Å². The fourth-order valence-corrected chi connectivity index (χ4v) is 3.05. The Morgan fingerprint density at radius 3 is 2.45 bits per heavy atom. The van der Waals surface area contributed by atoms with Gasteiger partial charge in [-0.3, -0.25) is 4.79 Å². The van der Waals surface area contributed by atoms with Gasteiger partial charge in [-0.2, -0.15) is 0 Å². The van der Waals surface area contributed by atoms with Crippen molar-refractivity contribution in [2.45, 2.75) is 37.6 Å². The number of carbonyl (C=O) groups excluding carboxylic acids is 1. The third-order valence-electron chi connectivity index (χ3n) is 3.21. The van der Waals surface area contributed by atoms with Crippen LogP contribution >= 0.6 is 0 Å². The molecule has 7 heteroatoms. The van der Waals surface area contributed by atoms with Gasteiger partial charge in [0.25, 0.3) is 5.91 Å². The highest BCUT2D eigenvalue weighted by atomic mass is 32.2. The highest BCUT2D eigenvalue weighted by Crippen LogP contribution is 2.11. The molecule has 22 heavy (non-hydrogen) atoms. The van der Waals surface area contributed by atoms with Gasteiger partial charge in [-0.15, -0.1) is 0 Å². The Labute approximate surface area is 132 Å². The quantitative estimate of drug-likeness (QED) is 0.673. The zero-order chi connectivity index (χ0) is 16.6. The fourth-order valence-electron chi connectivity index (χ4n) is 1.72. The summed E-state index contributed by atoms with van der Waals surface area (Å²) in [7, 11) is -1.93. The molecule has 0 saturated carbocycles. The van der Waals surface area contributed by atoms with Crippen molar-refractivity contribution in [3.63, 3.8) is 0 Å². The predicted molar refractivity (Wildman–Crippen MR) is 85.3 cm³/mol. The van der Waals surface area contributed by atoms with Crippen LogP contribution in [0.4, 0.5) is 0 Å². The summed E-state index contributed by atoms with van der Waals surface area (Å²) in [5.74, 6) is -0.227. The second-order valence-electron chi connectivity index (χ2n) is 5.06. The minimum atomic E-state index is -3.54. The predicted octanol–water partition coefficient (Wildman–Crippen LogP) is 1.53. The van der Waals surface area contributed by atoms with Crippen molar-refractivity contribution in [3.05, 3.63) is 29.8 Å². The standard InChI is InChI=1S/C15H24N2O4S/c1-4-12(2)17-22(19,20)14-8-6-13(7-9-14)15(18)16-10-5-11-21-3/h6-9,12,17H,4-5,10-11H2,1-3H3,(H,16,18). The number of hydrogen-bond acceptors (Lipinski definition) is 4. The Hall–Kier alpha value is -1.44. The van der Waals surface area contributed by atoms with Crippen LogP contribution in [0, 0.1) is 0 Å². The van der Waals surface area contributed by atoms with E-state index in [4.69, 9.17) is 4.74 Å². The molecule has 0 heterocycles. The third-order valence-corrected chi connectivity index (χ3v) is 4.81. The van der Waals surface area contributed by atoms with E-state index >= 15 is 0 Å². The second kappa shape index (κ2) is 8.87. The van der Waals surface area contributed by atoms with Gasteiger partial charge in [-0.05, 0) is 44.0 Å². The van der Waals surface area contributed by atoms with Gasteiger partial charge in [0.1, 0.15) is 0 Å². The van der Waals surface area contributed by atoms with Crippen molar-refractivity contribution in [3.8, 4) is 0 Å². The largest absolute Gasteiger partial charge is 0.385 e. The van der Waals surface area contributed by atoms with E-state index in [2.05, 4.69) is 10.0 Å². The number of methoxy groups -OCH3 is 1. The third kappa shape index (κ3) is 5.75. The topological polar surface area (TPSA) is 84.5 Å². The number of nitrogens with one attached hydrogen (secondary N) is 2. The lowest BCUT2D eigenvalue weighted by atomic mass is 10.2. The molecule has 0 aliphatic rings. The van der Waals surface area contributed by atoms with Crippen molar-refractivity contribution in [2.24, 2.45) is 0 Å². The van der Waals surface area contributed by atoms with E-state index in [1.807, 2.05) is 6.92 Å².